The molecule has 0 radical (unpaired) electrons. The zero-order valence-corrected chi connectivity index (χ0v) is 14.0. The molecule has 4 aromatic rings. The van der Waals surface area contributed by atoms with Gasteiger partial charge in [-0.1, -0.05) is 5.16 Å². The van der Waals surface area contributed by atoms with E-state index in [0.29, 0.717) is 17.0 Å². The van der Waals surface area contributed by atoms with Gasteiger partial charge in [-0.3, -0.25) is 4.79 Å². The molecule has 2 aromatic heterocycles. The van der Waals surface area contributed by atoms with Crippen LogP contribution < -0.4 is 10.1 Å². The number of hydrogen-bond donors (Lipinski definition) is 2. The van der Waals surface area contributed by atoms with Crippen LogP contribution in [0.3, 0.4) is 0 Å². The first-order valence-electron chi connectivity index (χ1n) is 8.04. The van der Waals surface area contributed by atoms with Crippen LogP contribution in [0.5, 0.6) is 5.75 Å². The molecule has 2 N–H and O–H groups in total. The van der Waals surface area contributed by atoms with Gasteiger partial charge < -0.3 is 19.6 Å². The lowest BCUT2D eigenvalue weighted by Crippen LogP contribution is -2.22. The Bertz CT molecular complexity index is 1050. The molecule has 0 saturated carbocycles. The van der Waals surface area contributed by atoms with Crippen molar-refractivity contribution in [3.8, 4) is 17.1 Å². The minimum absolute atomic E-state index is 0.185. The standard InChI is InChI=1S/C19H16N4O3/c1-25-15-5-2-12(3-6-15)18-9-14(23-26-18)10-20-19(24)13-4-7-16-17(8-13)22-11-21-16/h2-9,11H,10H2,1H3,(H,20,24)(H,21,22). The molecular weight excluding hydrogens is 332 g/mol. The summed E-state index contributed by atoms with van der Waals surface area (Å²) in [5.41, 5.74) is 3.73. The van der Waals surface area contributed by atoms with Crippen molar-refractivity contribution in [2.45, 2.75) is 6.54 Å². The summed E-state index contributed by atoms with van der Waals surface area (Å²) < 4.78 is 10.5. The molecule has 4 rings (SSSR count). The molecule has 0 spiro atoms. The topological polar surface area (TPSA) is 93.0 Å². The number of rotatable bonds is 5. The highest BCUT2D eigenvalue weighted by Crippen LogP contribution is 2.23. The number of fused-ring (bicyclic) bond motifs is 1. The highest BCUT2D eigenvalue weighted by Gasteiger charge is 2.10. The number of methoxy groups -OCH3 is 1. The minimum Gasteiger partial charge on any atom is -0.497 e. The summed E-state index contributed by atoms with van der Waals surface area (Å²) in [5, 5.41) is 6.84. The molecule has 0 bridgehead atoms. The molecule has 130 valence electrons. The second-order valence-electron chi connectivity index (χ2n) is 5.73. The molecule has 7 nitrogen and oxygen atoms in total. The van der Waals surface area contributed by atoms with Gasteiger partial charge in [0.05, 0.1) is 31.0 Å². The van der Waals surface area contributed by atoms with E-state index in [1.807, 2.05) is 24.3 Å². The quantitative estimate of drug-likeness (QED) is 0.578. The van der Waals surface area contributed by atoms with E-state index in [1.165, 1.54) is 0 Å². The van der Waals surface area contributed by atoms with Crippen LogP contribution in [-0.4, -0.2) is 28.1 Å². The van der Waals surface area contributed by atoms with Crippen LogP contribution in [0.4, 0.5) is 0 Å². The normalized spacial score (nSPS) is 10.8. The van der Waals surface area contributed by atoms with Gasteiger partial charge in [-0.15, -0.1) is 0 Å². The van der Waals surface area contributed by atoms with Crippen molar-refractivity contribution in [3.63, 3.8) is 0 Å². The number of nitrogens with one attached hydrogen (secondary N) is 2. The molecule has 0 aliphatic rings. The first kappa shape index (κ1) is 15.9. The number of H-pyrrole nitrogens is 1. The first-order valence-corrected chi connectivity index (χ1v) is 8.04. The fourth-order valence-electron chi connectivity index (χ4n) is 2.64. The van der Waals surface area contributed by atoms with Crippen molar-refractivity contribution in [1.82, 2.24) is 20.4 Å². The number of amides is 1. The van der Waals surface area contributed by atoms with Crippen molar-refractivity contribution in [3.05, 3.63) is 66.1 Å². The fourth-order valence-corrected chi connectivity index (χ4v) is 2.64. The molecule has 26 heavy (non-hydrogen) atoms. The van der Waals surface area contributed by atoms with Gasteiger partial charge in [0.1, 0.15) is 11.4 Å². The smallest absolute Gasteiger partial charge is 0.251 e. The van der Waals surface area contributed by atoms with Crippen LogP contribution in [0.1, 0.15) is 16.1 Å². The number of benzene rings is 2. The second-order valence-corrected chi connectivity index (χ2v) is 5.73. The van der Waals surface area contributed by atoms with Crippen molar-refractivity contribution >= 4 is 16.9 Å². The van der Waals surface area contributed by atoms with Crippen LogP contribution in [0.2, 0.25) is 0 Å². The third kappa shape index (κ3) is 3.14. The number of carbonyl (C=O) groups excluding carboxylic acids is 1. The molecule has 0 aliphatic carbocycles. The Kier molecular flexibility index (Phi) is 4.10. The van der Waals surface area contributed by atoms with E-state index in [4.69, 9.17) is 9.26 Å². The zero-order valence-electron chi connectivity index (χ0n) is 14.0. The summed E-state index contributed by atoms with van der Waals surface area (Å²) in [7, 11) is 1.62. The molecule has 2 heterocycles. The maximum atomic E-state index is 12.3. The van der Waals surface area contributed by atoms with Crippen molar-refractivity contribution in [2.24, 2.45) is 0 Å². The molecule has 0 unspecified atom stereocenters. The molecule has 2 aromatic carbocycles. The van der Waals surface area contributed by atoms with Crippen LogP contribution >= 0.6 is 0 Å². The number of aromatic nitrogens is 3. The third-order valence-electron chi connectivity index (χ3n) is 4.05. The van der Waals surface area contributed by atoms with E-state index in [2.05, 4.69) is 20.4 Å². The Balaban J connectivity index is 1.42. The predicted molar refractivity (Wildman–Crippen MR) is 95.8 cm³/mol. The van der Waals surface area contributed by atoms with E-state index < -0.39 is 0 Å². The largest absolute Gasteiger partial charge is 0.497 e. The van der Waals surface area contributed by atoms with Gasteiger partial charge in [0.2, 0.25) is 0 Å². The third-order valence-corrected chi connectivity index (χ3v) is 4.05. The van der Waals surface area contributed by atoms with Crippen molar-refractivity contribution in [2.75, 3.05) is 7.11 Å². The Morgan fingerprint density at radius 1 is 1.19 bits per heavy atom. The average molecular weight is 348 g/mol. The minimum atomic E-state index is -0.185. The summed E-state index contributed by atoms with van der Waals surface area (Å²) in [5.74, 6) is 1.22. The number of imidazole rings is 1. The zero-order chi connectivity index (χ0) is 17.9. The highest BCUT2D eigenvalue weighted by atomic mass is 16.5. The summed E-state index contributed by atoms with van der Waals surface area (Å²) in [6.45, 7) is 0.277. The molecule has 0 aliphatic heterocycles. The van der Waals surface area contributed by atoms with Gasteiger partial charge in [-0.05, 0) is 42.5 Å². The van der Waals surface area contributed by atoms with Gasteiger partial charge in [-0.25, -0.2) is 4.98 Å². The fraction of sp³-hybridized carbons (Fsp3) is 0.105. The maximum absolute atomic E-state index is 12.3. The number of aromatic amines is 1. The summed E-state index contributed by atoms with van der Waals surface area (Å²) in [6, 6.07) is 14.6. The number of nitrogens with zero attached hydrogens (tertiary/aromatic N) is 2. The van der Waals surface area contributed by atoms with E-state index in [1.54, 1.807) is 37.7 Å². The summed E-state index contributed by atoms with van der Waals surface area (Å²) in [4.78, 5) is 19.4. The molecule has 0 atom stereocenters. The Morgan fingerprint density at radius 3 is 2.85 bits per heavy atom. The van der Waals surface area contributed by atoms with Crippen LogP contribution in [0, 0.1) is 0 Å². The number of ether oxygens (including phenoxy) is 1. The van der Waals surface area contributed by atoms with Gasteiger partial charge in [0.15, 0.2) is 5.76 Å². The van der Waals surface area contributed by atoms with Crippen molar-refractivity contribution < 1.29 is 14.1 Å². The van der Waals surface area contributed by atoms with E-state index >= 15 is 0 Å². The first-order chi connectivity index (χ1) is 12.7. The SMILES string of the molecule is COc1ccc(-c2cc(CNC(=O)c3ccc4nc[nH]c4c3)no2)cc1. The lowest BCUT2D eigenvalue weighted by Gasteiger charge is -2.02. The van der Waals surface area contributed by atoms with Gasteiger partial charge in [0, 0.05) is 17.2 Å². The number of hydrogen-bond acceptors (Lipinski definition) is 5. The molecule has 1 amide bonds. The molecule has 0 fully saturated rings. The predicted octanol–water partition coefficient (Wildman–Crippen LogP) is 3.16. The van der Waals surface area contributed by atoms with Gasteiger partial charge >= 0.3 is 0 Å². The van der Waals surface area contributed by atoms with E-state index in [-0.39, 0.29) is 12.5 Å². The Hall–Kier alpha value is -3.61. The van der Waals surface area contributed by atoms with Crippen LogP contribution in [0.25, 0.3) is 22.4 Å². The molecule has 0 saturated heterocycles. The van der Waals surface area contributed by atoms with E-state index in [0.717, 1.165) is 22.3 Å². The van der Waals surface area contributed by atoms with Crippen LogP contribution in [0.15, 0.2) is 59.4 Å². The van der Waals surface area contributed by atoms with E-state index in [9.17, 15) is 4.79 Å². The highest BCUT2D eigenvalue weighted by molar-refractivity contribution is 5.97. The summed E-state index contributed by atoms with van der Waals surface area (Å²) >= 11 is 0. The second kappa shape index (κ2) is 6.72. The Labute approximate surface area is 149 Å². The number of carbonyl (C=O) groups is 1. The lowest BCUT2D eigenvalue weighted by atomic mass is 10.1. The monoisotopic (exact) mass is 348 g/mol. The lowest BCUT2D eigenvalue weighted by molar-refractivity contribution is 0.0950. The van der Waals surface area contributed by atoms with Crippen LogP contribution in [-0.2, 0) is 6.54 Å². The average Bonchev–Trinajstić information content (AvgIpc) is 3.35. The molecule has 7 heteroatoms. The van der Waals surface area contributed by atoms with Gasteiger partial charge in [0.25, 0.3) is 5.91 Å². The molecular formula is C19H16N4O3. The Morgan fingerprint density at radius 2 is 2.04 bits per heavy atom. The summed E-state index contributed by atoms with van der Waals surface area (Å²) in [6.07, 6.45) is 1.60. The van der Waals surface area contributed by atoms with Crippen molar-refractivity contribution in [1.29, 1.82) is 0 Å². The van der Waals surface area contributed by atoms with Gasteiger partial charge in [-0.2, -0.15) is 0 Å². The maximum Gasteiger partial charge on any atom is 0.251 e.